The Bertz CT molecular complexity index is 698. The minimum Gasteiger partial charge on any atom is -0.396 e. The molecule has 0 saturated heterocycles. The van der Waals surface area contributed by atoms with Gasteiger partial charge in [-0.25, -0.2) is 0 Å². The van der Waals surface area contributed by atoms with Gasteiger partial charge in [-0.15, -0.1) is 0 Å². The normalized spacial score (nSPS) is 14.2. The van der Waals surface area contributed by atoms with E-state index in [1.165, 1.54) is 0 Å². The number of pyridine rings is 1. The number of aromatic nitrogens is 1. The van der Waals surface area contributed by atoms with E-state index in [0.717, 1.165) is 29.4 Å². The predicted octanol–water partition coefficient (Wildman–Crippen LogP) is 1.93. The van der Waals surface area contributed by atoms with E-state index in [-0.39, 0.29) is 25.7 Å². The van der Waals surface area contributed by atoms with Crippen LogP contribution in [0.1, 0.15) is 41.2 Å². The molecule has 0 aliphatic heterocycles. The average molecular weight is 314 g/mol. The summed E-state index contributed by atoms with van der Waals surface area (Å²) < 4.78 is 0. The maximum Gasteiger partial charge on any atom is 0.254 e. The Kier molecular flexibility index (Phi) is 4.88. The number of hydrogen-bond donors (Lipinski definition) is 2. The largest absolute Gasteiger partial charge is 0.396 e. The number of fused-ring (bicyclic) bond motifs is 1. The molecule has 5 nitrogen and oxygen atoms in total. The van der Waals surface area contributed by atoms with Gasteiger partial charge in [0.2, 0.25) is 0 Å². The van der Waals surface area contributed by atoms with Gasteiger partial charge in [0.25, 0.3) is 5.91 Å². The molecule has 2 aromatic rings. The van der Waals surface area contributed by atoms with Gasteiger partial charge in [-0.05, 0) is 31.4 Å². The quantitative estimate of drug-likeness (QED) is 0.819. The summed E-state index contributed by atoms with van der Waals surface area (Å²) in [7, 11) is 0. The van der Waals surface area contributed by atoms with Gasteiger partial charge in [0.1, 0.15) is 0 Å². The van der Waals surface area contributed by atoms with Crippen molar-refractivity contribution in [2.24, 2.45) is 0 Å². The Morgan fingerprint density at radius 1 is 1.17 bits per heavy atom. The minimum atomic E-state index is -0.104. The second-order valence-electron chi connectivity index (χ2n) is 5.98. The first-order valence-corrected chi connectivity index (χ1v) is 8.15. The van der Waals surface area contributed by atoms with Gasteiger partial charge in [0.15, 0.2) is 0 Å². The maximum absolute atomic E-state index is 13.0. The Morgan fingerprint density at radius 2 is 1.96 bits per heavy atom. The minimum absolute atomic E-state index is 0.0274. The lowest BCUT2D eigenvalue weighted by atomic mass is 10.0. The highest BCUT2D eigenvalue weighted by atomic mass is 16.3. The summed E-state index contributed by atoms with van der Waals surface area (Å²) in [6.07, 6.45) is 2.76. The molecular weight excluding hydrogens is 292 g/mol. The van der Waals surface area contributed by atoms with E-state index < -0.39 is 0 Å². The molecule has 1 saturated carbocycles. The molecule has 0 spiro atoms. The lowest BCUT2D eigenvalue weighted by Crippen LogP contribution is -2.35. The van der Waals surface area contributed by atoms with E-state index in [1.807, 2.05) is 30.3 Å². The van der Waals surface area contributed by atoms with Gasteiger partial charge in [-0.3, -0.25) is 9.78 Å². The van der Waals surface area contributed by atoms with E-state index >= 15 is 0 Å². The van der Waals surface area contributed by atoms with Crippen LogP contribution in [0, 0.1) is 0 Å². The van der Waals surface area contributed by atoms with Gasteiger partial charge >= 0.3 is 0 Å². The number of para-hydroxylation sites is 1. The lowest BCUT2D eigenvalue weighted by Gasteiger charge is -2.22. The zero-order valence-corrected chi connectivity index (χ0v) is 13.1. The summed E-state index contributed by atoms with van der Waals surface area (Å²) in [4.78, 5) is 19.2. The highest BCUT2D eigenvalue weighted by Crippen LogP contribution is 2.40. The van der Waals surface area contributed by atoms with Crippen LogP contribution in [0.4, 0.5) is 0 Å². The van der Waals surface area contributed by atoms with E-state index in [0.29, 0.717) is 24.4 Å². The molecule has 3 rings (SSSR count). The first-order valence-electron chi connectivity index (χ1n) is 8.15. The fourth-order valence-corrected chi connectivity index (χ4v) is 2.83. The van der Waals surface area contributed by atoms with E-state index in [4.69, 9.17) is 5.11 Å². The molecule has 0 atom stereocenters. The van der Waals surface area contributed by atoms with Crippen molar-refractivity contribution in [3.05, 3.63) is 41.6 Å². The number of aliphatic hydroxyl groups is 2. The molecule has 122 valence electrons. The molecule has 1 aromatic carbocycles. The third-order valence-corrected chi connectivity index (χ3v) is 4.21. The molecule has 0 radical (unpaired) electrons. The Hall–Kier alpha value is -1.98. The molecule has 1 aliphatic carbocycles. The summed E-state index contributed by atoms with van der Waals surface area (Å²) >= 11 is 0. The standard InChI is InChI=1S/C18H22N2O3/c21-10-3-8-20(9-11-22)18(23)15-12-17(13-6-7-13)19-16-5-2-1-4-14(15)16/h1-2,4-5,12-13,21-22H,3,6-11H2. The van der Waals surface area contributed by atoms with Crippen molar-refractivity contribution in [1.29, 1.82) is 0 Å². The molecule has 1 aromatic heterocycles. The molecule has 1 aliphatic rings. The number of carbonyl (C=O) groups excluding carboxylic acids is 1. The average Bonchev–Trinajstić information content (AvgIpc) is 3.42. The van der Waals surface area contributed by atoms with Gasteiger partial charge in [0.05, 0.1) is 17.7 Å². The van der Waals surface area contributed by atoms with Crippen LogP contribution in [-0.4, -0.2) is 52.3 Å². The number of aliphatic hydroxyl groups excluding tert-OH is 2. The topological polar surface area (TPSA) is 73.7 Å². The number of hydrogen-bond acceptors (Lipinski definition) is 4. The second kappa shape index (κ2) is 7.06. The van der Waals surface area contributed by atoms with Crippen molar-refractivity contribution in [2.75, 3.05) is 26.3 Å². The van der Waals surface area contributed by atoms with Crippen molar-refractivity contribution >= 4 is 16.8 Å². The fourth-order valence-electron chi connectivity index (χ4n) is 2.83. The highest BCUT2D eigenvalue weighted by Gasteiger charge is 2.27. The van der Waals surface area contributed by atoms with Gasteiger partial charge in [0, 0.05) is 36.7 Å². The van der Waals surface area contributed by atoms with E-state index in [1.54, 1.807) is 4.90 Å². The van der Waals surface area contributed by atoms with Crippen molar-refractivity contribution in [3.63, 3.8) is 0 Å². The highest BCUT2D eigenvalue weighted by molar-refractivity contribution is 6.06. The summed E-state index contributed by atoms with van der Waals surface area (Å²) in [5, 5.41) is 19.1. The maximum atomic E-state index is 13.0. The van der Waals surface area contributed by atoms with Crippen LogP contribution in [-0.2, 0) is 0 Å². The summed E-state index contributed by atoms with van der Waals surface area (Å²) in [5.41, 5.74) is 2.47. The number of rotatable bonds is 7. The first kappa shape index (κ1) is 15.9. The van der Waals surface area contributed by atoms with E-state index in [2.05, 4.69) is 4.98 Å². The van der Waals surface area contributed by atoms with Crippen molar-refractivity contribution < 1.29 is 15.0 Å². The third kappa shape index (κ3) is 3.51. The van der Waals surface area contributed by atoms with Crippen molar-refractivity contribution in [3.8, 4) is 0 Å². The fraction of sp³-hybridized carbons (Fsp3) is 0.444. The first-order chi connectivity index (χ1) is 11.2. The van der Waals surface area contributed by atoms with Crippen LogP contribution in [0.5, 0.6) is 0 Å². The molecular formula is C18H22N2O3. The van der Waals surface area contributed by atoms with Gasteiger partial charge in [-0.1, -0.05) is 18.2 Å². The van der Waals surface area contributed by atoms with Crippen molar-refractivity contribution in [2.45, 2.75) is 25.2 Å². The SMILES string of the molecule is O=C(c1cc(C2CC2)nc2ccccc12)N(CCO)CCCO. The van der Waals surface area contributed by atoms with Gasteiger partial charge < -0.3 is 15.1 Å². The molecule has 2 N–H and O–H groups in total. The van der Waals surface area contributed by atoms with Crippen LogP contribution in [0.3, 0.4) is 0 Å². The number of carbonyl (C=O) groups is 1. The van der Waals surface area contributed by atoms with Crippen LogP contribution in [0.25, 0.3) is 10.9 Å². The number of benzene rings is 1. The molecule has 1 heterocycles. The number of amides is 1. The Labute approximate surface area is 135 Å². The summed E-state index contributed by atoms with van der Waals surface area (Å²) in [6, 6.07) is 9.59. The Morgan fingerprint density at radius 3 is 2.65 bits per heavy atom. The van der Waals surface area contributed by atoms with Crippen LogP contribution >= 0.6 is 0 Å². The van der Waals surface area contributed by atoms with Crippen LogP contribution < -0.4 is 0 Å². The second-order valence-corrected chi connectivity index (χ2v) is 5.98. The van der Waals surface area contributed by atoms with E-state index in [9.17, 15) is 9.90 Å². The van der Waals surface area contributed by atoms with Crippen LogP contribution in [0.15, 0.2) is 30.3 Å². The zero-order valence-electron chi connectivity index (χ0n) is 13.1. The molecule has 23 heavy (non-hydrogen) atoms. The smallest absolute Gasteiger partial charge is 0.254 e. The predicted molar refractivity (Wildman–Crippen MR) is 88.4 cm³/mol. The third-order valence-electron chi connectivity index (χ3n) is 4.21. The number of nitrogens with zero attached hydrogens (tertiary/aromatic N) is 2. The molecule has 0 bridgehead atoms. The molecule has 1 fully saturated rings. The lowest BCUT2D eigenvalue weighted by molar-refractivity contribution is 0.0712. The Balaban J connectivity index is 2.00. The molecule has 0 unspecified atom stereocenters. The molecule has 5 heteroatoms. The van der Waals surface area contributed by atoms with Gasteiger partial charge in [-0.2, -0.15) is 0 Å². The summed E-state index contributed by atoms with van der Waals surface area (Å²) in [5.74, 6) is 0.364. The zero-order chi connectivity index (χ0) is 16.2. The van der Waals surface area contributed by atoms with Crippen LogP contribution in [0.2, 0.25) is 0 Å². The molecule has 1 amide bonds. The monoisotopic (exact) mass is 314 g/mol. The summed E-state index contributed by atoms with van der Waals surface area (Å²) in [6.45, 7) is 0.648. The van der Waals surface area contributed by atoms with Crippen molar-refractivity contribution in [1.82, 2.24) is 9.88 Å².